The quantitative estimate of drug-likeness (QED) is 0.143. The summed E-state index contributed by atoms with van der Waals surface area (Å²) in [6, 6.07) is 0. The van der Waals surface area contributed by atoms with E-state index in [4.69, 9.17) is 0 Å². The number of aliphatic hydroxyl groups excluding tert-OH is 1. The fourth-order valence-corrected chi connectivity index (χ4v) is 4.59. The Hall–Kier alpha value is 0.870. The van der Waals surface area contributed by atoms with Gasteiger partial charge < -0.3 is 9.66 Å². The van der Waals surface area contributed by atoms with Crippen LogP contribution in [0.25, 0.3) is 0 Å². The summed E-state index contributed by atoms with van der Waals surface area (Å²) in [4.78, 5) is 0. The van der Waals surface area contributed by atoms with E-state index in [1.807, 2.05) is 0 Å². The average Bonchev–Trinajstić information content (AvgIpc) is 2.65. The van der Waals surface area contributed by atoms with Crippen LogP contribution < -0.4 is 29.6 Å². The molecule has 0 heterocycles. The minimum Gasteiger partial charge on any atom is -0.748 e. The van der Waals surface area contributed by atoms with Crippen LogP contribution in [0, 0.1) is 0 Å². The molecule has 0 rings (SSSR count). The molecule has 0 aliphatic rings. The van der Waals surface area contributed by atoms with E-state index in [0.717, 1.165) is 19.3 Å². The molecule has 0 aromatic carbocycles. The Bertz CT molecular complexity index is 429. The first-order valence-corrected chi connectivity index (χ1v) is 14.1. The van der Waals surface area contributed by atoms with Gasteiger partial charge >= 0.3 is 29.6 Å². The molecular formula is C24H49NaO4S. The Morgan fingerprint density at radius 3 is 1.13 bits per heavy atom. The van der Waals surface area contributed by atoms with E-state index in [1.54, 1.807) is 0 Å². The van der Waals surface area contributed by atoms with Gasteiger partial charge in [0.2, 0.25) is 0 Å². The van der Waals surface area contributed by atoms with Crippen molar-refractivity contribution in [3.05, 3.63) is 0 Å². The second kappa shape index (κ2) is 24.5. The smallest absolute Gasteiger partial charge is 0.748 e. The van der Waals surface area contributed by atoms with Gasteiger partial charge in [-0.1, -0.05) is 135 Å². The molecule has 1 N–H and O–H groups in total. The van der Waals surface area contributed by atoms with Crippen molar-refractivity contribution >= 4 is 10.1 Å². The van der Waals surface area contributed by atoms with Crippen LogP contribution in [-0.2, 0) is 10.1 Å². The summed E-state index contributed by atoms with van der Waals surface area (Å²) in [6.45, 7) is 2.27. The van der Waals surface area contributed by atoms with Crippen LogP contribution in [0.4, 0.5) is 0 Å². The summed E-state index contributed by atoms with van der Waals surface area (Å²) in [5.41, 5.74) is 0. The predicted octanol–water partition coefficient (Wildman–Crippen LogP) is 4.11. The maximum atomic E-state index is 10.5. The van der Waals surface area contributed by atoms with Crippen LogP contribution in [0.3, 0.4) is 0 Å². The molecule has 0 bridgehead atoms. The molecule has 6 heteroatoms. The number of unbranched alkanes of at least 4 members (excludes halogenated alkanes) is 19. The van der Waals surface area contributed by atoms with Crippen molar-refractivity contribution < 1.29 is 47.6 Å². The van der Waals surface area contributed by atoms with Gasteiger partial charge in [-0.3, -0.25) is 0 Å². The molecule has 0 spiro atoms. The van der Waals surface area contributed by atoms with Crippen LogP contribution in [0.2, 0.25) is 0 Å². The Labute approximate surface area is 210 Å². The van der Waals surface area contributed by atoms with Gasteiger partial charge in [0.15, 0.2) is 0 Å². The molecule has 0 saturated heterocycles. The van der Waals surface area contributed by atoms with Gasteiger partial charge in [0, 0.05) is 0 Å². The predicted molar refractivity (Wildman–Crippen MR) is 123 cm³/mol. The van der Waals surface area contributed by atoms with Crippen LogP contribution in [-0.4, -0.2) is 29.9 Å². The van der Waals surface area contributed by atoms with Gasteiger partial charge in [-0.2, -0.15) is 0 Å². The van der Waals surface area contributed by atoms with Crippen molar-refractivity contribution in [2.75, 3.05) is 5.75 Å². The van der Waals surface area contributed by atoms with E-state index in [0.29, 0.717) is 6.42 Å². The summed E-state index contributed by atoms with van der Waals surface area (Å²) in [7, 11) is -4.30. The second-order valence-electron chi connectivity index (χ2n) is 8.88. The molecule has 0 radical (unpaired) electrons. The number of rotatable bonds is 23. The SMILES string of the molecule is CCCCCCCCCCCCCCCCCCCCCCC(O)CS(=O)(=O)[O-].[Na+]. The Morgan fingerprint density at radius 1 is 0.600 bits per heavy atom. The molecule has 0 aromatic rings. The zero-order valence-electron chi connectivity index (χ0n) is 20.2. The summed E-state index contributed by atoms with van der Waals surface area (Å²) in [5.74, 6) is -0.647. The van der Waals surface area contributed by atoms with Gasteiger partial charge in [0.1, 0.15) is 0 Å². The summed E-state index contributed by atoms with van der Waals surface area (Å²) < 4.78 is 31.6. The third-order valence-corrected chi connectivity index (χ3v) is 6.58. The monoisotopic (exact) mass is 456 g/mol. The normalized spacial score (nSPS) is 12.6. The molecule has 4 nitrogen and oxygen atoms in total. The fourth-order valence-electron chi connectivity index (χ4n) is 3.95. The summed E-state index contributed by atoms with van der Waals surface area (Å²) >= 11 is 0. The van der Waals surface area contributed by atoms with Gasteiger partial charge in [-0.25, -0.2) is 8.42 Å². The fraction of sp³-hybridized carbons (Fsp3) is 1.00. The molecule has 0 amide bonds. The Balaban J connectivity index is 0. The van der Waals surface area contributed by atoms with Crippen molar-refractivity contribution in [3.63, 3.8) is 0 Å². The molecule has 0 aliphatic heterocycles. The largest absolute Gasteiger partial charge is 1.00 e. The third kappa shape index (κ3) is 28.9. The molecule has 0 aliphatic carbocycles. The van der Waals surface area contributed by atoms with E-state index in [1.165, 1.54) is 109 Å². The number of hydrogen-bond acceptors (Lipinski definition) is 4. The van der Waals surface area contributed by atoms with Crippen molar-refractivity contribution in [2.24, 2.45) is 0 Å². The van der Waals surface area contributed by atoms with E-state index in [9.17, 15) is 18.1 Å². The zero-order chi connectivity index (χ0) is 21.6. The molecule has 0 aromatic heterocycles. The number of hydrogen-bond donors (Lipinski definition) is 1. The maximum Gasteiger partial charge on any atom is 1.00 e. The Kier molecular flexibility index (Phi) is 27.0. The number of aliphatic hydroxyl groups is 1. The van der Waals surface area contributed by atoms with Gasteiger partial charge in [0.05, 0.1) is 22.0 Å². The van der Waals surface area contributed by atoms with E-state index in [-0.39, 0.29) is 29.6 Å². The standard InChI is InChI=1S/C24H50O4S.Na/c1-2-3-4-5-6-7-8-9-10-11-12-13-14-15-16-17-18-19-20-21-22-24(25)23-29(26,27)28;/h24-25H,2-23H2,1H3,(H,26,27,28);/q;+1/p-1. The van der Waals surface area contributed by atoms with Crippen LogP contribution in [0.15, 0.2) is 0 Å². The van der Waals surface area contributed by atoms with Gasteiger partial charge in [-0.15, -0.1) is 0 Å². The van der Waals surface area contributed by atoms with E-state index in [2.05, 4.69) is 6.92 Å². The minimum absolute atomic E-state index is 0. The van der Waals surface area contributed by atoms with Crippen LogP contribution >= 0.6 is 0 Å². The molecule has 176 valence electrons. The molecule has 30 heavy (non-hydrogen) atoms. The van der Waals surface area contributed by atoms with E-state index >= 15 is 0 Å². The average molecular weight is 457 g/mol. The first-order chi connectivity index (χ1) is 14.0. The van der Waals surface area contributed by atoms with Crippen LogP contribution in [0.5, 0.6) is 0 Å². The first kappa shape index (κ1) is 33.0. The van der Waals surface area contributed by atoms with Gasteiger partial charge in [0.25, 0.3) is 0 Å². The molecule has 0 saturated carbocycles. The summed E-state index contributed by atoms with van der Waals surface area (Å²) in [6.07, 6.45) is 25.9. The first-order valence-electron chi connectivity index (χ1n) is 12.6. The summed E-state index contributed by atoms with van der Waals surface area (Å²) in [5, 5.41) is 9.46. The second-order valence-corrected chi connectivity index (χ2v) is 10.3. The van der Waals surface area contributed by atoms with E-state index < -0.39 is 22.0 Å². The molecule has 1 unspecified atom stereocenters. The maximum absolute atomic E-state index is 10.5. The molecule has 1 atom stereocenters. The topological polar surface area (TPSA) is 77.4 Å². The van der Waals surface area contributed by atoms with Gasteiger partial charge in [-0.05, 0) is 6.42 Å². The van der Waals surface area contributed by atoms with Crippen molar-refractivity contribution in [2.45, 2.75) is 148 Å². The molecule has 0 fully saturated rings. The van der Waals surface area contributed by atoms with Crippen molar-refractivity contribution in [1.82, 2.24) is 0 Å². The van der Waals surface area contributed by atoms with Crippen molar-refractivity contribution in [3.8, 4) is 0 Å². The molecular weight excluding hydrogens is 407 g/mol. The Morgan fingerprint density at radius 2 is 0.867 bits per heavy atom. The van der Waals surface area contributed by atoms with Crippen LogP contribution in [0.1, 0.15) is 142 Å². The zero-order valence-corrected chi connectivity index (χ0v) is 23.0. The van der Waals surface area contributed by atoms with Crippen molar-refractivity contribution in [1.29, 1.82) is 0 Å². The minimum atomic E-state index is -4.30. The third-order valence-electron chi connectivity index (χ3n) is 5.79.